The van der Waals surface area contributed by atoms with Gasteiger partial charge in [0.25, 0.3) is 0 Å². The molecule has 0 atom stereocenters. The standard InChI is InChI=1S/C7H10OS/c1-2-4-7-5-3-6-9-8-7/h3,5-6H,2,4H2,1H3. The Morgan fingerprint density at radius 2 is 2.56 bits per heavy atom. The van der Waals surface area contributed by atoms with E-state index in [1.165, 1.54) is 12.0 Å². The average molecular weight is 142 g/mol. The molecule has 0 amide bonds. The number of rotatable bonds is 2. The first kappa shape index (κ1) is 6.75. The van der Waals surface area contributed by atoms with Crippen molar-refractivity contribution in [3.05, 3.63) is 23.3 Å². The van der Waals surface area contributed by atoms with Crippen LogP contribution in [0.5, 0.6) is 0 Å². The van der Waals surface area contributed by atoms with Crippen molar-refractivity contribution >= 4 is 12.0 Å². The summed E-state index contributed by atoms with van der Waals surface area (Å²) in [5.74, 6) is 1.09. The SMILES string of the molecule is CCCC1=CC=CSO1. The highest BCUT2D eigenvalue weighted by Crippen LogP contribution is 2.20. The third-order valence-corrected chi connectivity index (χ3v) is 1.65. The molecule has 1 rings (SSSR count). The Labute approximate surface area is 60.0 Å². The molecule has 1 heterocycles. The molecule has 1 aliphatic heterocycles. The van der Waals surface area contributed by atoms with Crippen molar-refractivity contribution in [1.82, 2.24) is 0 Å². The fraction of sp³-hybridized carbons (Fsp3) is 0.429. The molecule has 0 saturated carbocycles. The molecule has 50 valence electrons. The van der Waals surface area contributed by atoms with Gasteiger partial charge in [-0.1, -0.05) is 6.92 Å². The van der Waals surface area contributed by atoms with Gasteiger partial charge in [-0.3, -0.25) is 0 Å². The quantitative estimate of drug-likeness (QED) is 0.548. The second kappa shape index (κ2) is 3.62. The Kier molecular flexibility index (Phi) is 2.71. The molecule has 0 aliphatic carbocycles. The number of hydrogen-bond donors (Lipinski definition) is 0. The van der Waals surface area contributed by atoms with Crippen molar-refractivity contribution in [3.63, 3.8) is 0 Å². The van der Waals surface area contributed by atoms with Crippen molar-refractivity contribution in [2.24, 2.45) is 0 Å². The minimum atomic E-state index is 1.05. The van der Waals surface area contributed by atoms with Gasteiger partial charge >= 0.3 is 0 Å². The lowest BCUT2D eigenvalue weighted by molar-refractivity contribution is 0.468. The van der Waals surface area contributed by atoms with Crippen molar-refractivity contribution in [1.29, 1.82) is 0 Å². The van der Waals surface area contributed by atoms with Crippen molar-refractivity contribution in [2.75, 3.05) is 0 Å². The van der Waals surface area contributed by atoms with Crippen LogP contribution < -0.4 is 0 Å². The van der Waals surface area contributed by atoms with E-state index >= 15 is 0 Å². The van der Waals surface area contributed by atoms with Crippen LogP contribution in [-0.2, 0) is 4.18 Å². The largest absolute Gasteiger partial charge is 0.426 e. The molecule has 0 saturated heterocycles. The minimum Gasteiger partial charge on any atom is -0.426 e. The third-order valence-electron chi connectivity index (χ3n) is 1.07. The van der Waals surface area contributed by atoms with Crippen molar-refractivity contribution in [3.8, 4) is 0 Å². The van der Waals surface area contributed by atoms with Gasteiger partial charge in [0.15, 0.2) is 0 Å². The molecule has 0 N–H and O–H groups in total. The molecule has 0 fully saturated rings. The van der Waals surface area contributed by atoms with Gasteiger partial charge in [-0.2, -0.15) is 0 Å². The highest BCUT2D eigenvalue weighted by atomic mass is 32.2. The second-order valence-corrected chi connectivity index (χ2v) is 2.52. The molecule has 0 radical (unpaired) electrons. The molecule has 0 aromatic carbocycles. The predicted octanol–water partition coefficient (Wildman–Crippen LogP) is 2.86. The summed E-state index contributed by atoms with van der Waals surface area (Å²) in [5.41, 5.74) is 0. The predicted molar refractivity (Wildman–Crippen MR) is 40.8 cm³/mol. The van der Waals surface area contributed by atoms with Gasteiger partial charge in [0, 0.05) is 11.8 Å². The molecule has 1 aliphatic rings. The van der Waals surface area contributed by atoms with Crippen LogP contribution in [0.1, 0.15) is 19.8 Å². The van der Waals surface area contributed by atoms with Crippen molar-refractivity contribution in [2.45, 2.75) is 19.8 Å². The summed E-state index contributed by atoms with van der Waals surface area (Å²) >= 11 is 1.39. The summed E-state index contributed by atoms with van der Waals surface area (Å²) < 4.78 is 5.21. The van der Waals surface area contributed by atoms with Gasteiger partial charge in [0.05, 0.1) is 12.0 Å². The van der Waals surface area contributed by atoms with Crippen LogP contribution in [0, 0.1) is 0 Å². The maximum absolute atomic E-state index is 5.21. The lowest BCUT2D eigenvalue weighted by Gasteiger charge is -2.06. The summed E-state index contributed by atoms with van der Waals surface area (Å²) in [5, 5.41) is 1.93. The Balaban J connectivity index is 2.38. The fourth-order valence-electron chi connectivity index (χ4n) is 0.667. The first-order valence-electron chi connectivity index (χ1n) is 3.12. The zero-order valence-electron chi connectivity index (χ0n) is 5.46. The molecular weight excluding hydrogens is 132 g/mol. The topological polar surface area (TPSA) is 9.23 Å². The lowest BCUT2D eigenvalue weighted by Crippen LogP contribution is -1.84. The maximum atomic E-state index is 5.21. The van der Waals surface area contributed by atoms with E-state index in [0.29, 0.717) is 0 Å². The molecule has 1 nitrogen and oxygen atoms in total. The van der Waals surface area contributed by atoms with Gasteiger partial charge in [-0.15, -0.1) is 0 Å². The first-order chi connectivity index (χ1) is 4.43. The number of allylic oxidation sites excluding steroid dienone is 3. The van der Waals surface area contributed by atoms with Crippen LogP contribution in [0.4, 0.5) is 0 Å². The summed E-state index contributed by atoms with van der Waals surface area (Å²) in [6, 6.07) is 0. The van der Waals surface area contributed by atoms with Gasteiger partial charge in [0.2, 0.25) is 0 Å². The van der Waals surface area contributed by atoms with Crippen LogP contribution in [0.25, 0.3) is 0 Å². The molecule has 0 aromatic heterocycles. The molecule has 0 unspecified atom stereocenters. The molecule has 0 aromatic rings. The normalized spacial score (nSPS) is 16.8. The van der Waals surface area contributed by atoms with E-state index in [1.807, 2.05) is 17.6 Å². The Hall–Kier alpha value is -0.370. The Bertz CT molecular complexity index is 138. The van der Waals surface area contributed by atoms with Crippen LogP contribution >= 0.6 is 12.0 Å². The van der Waals surface area contributed by atoms with Crippen LogP contribution in [0.2, 0.25) is 0 Å². The van der Waals surface area contributed by atoms with E-state index in [9.17, 15) is 0 Å². The van der Waals surface area contributed by atoms with E-state index in [1.54, 1.807) is 0 Å². The monoisotopic (exact) mass is 142 g/mol. The smallest absolute Gasteiger partial charge is 0.114 e. The van der Waals surface area contributed by atoms with Crippen LogP contribution in [-0.4, -0.2) is 0 Å². The second-order valence-electron chi connectivity index (χ2n) is 1.89. The van der Waals surface area contributed by atoms with Crippen LogP contribution in [0.3, 0.4) is 0 Å². The molecule has 0 spiro atoms. The Morgan fingerprint density at radius 1 is 1.67 bits per heavy atom. The van der Waals surface area contributed by atoms with E-state index < -0.39 is 0 Å². The van der Waals surface area contributed by atoms with Gasteiger partial charge < -0.3 is 4.18 Å². The Morgan fingerprint density at radius 3 is 3.11 bits per heavy atom. The number of hydrogen-bond acceptors (Lipinski definition) is 2. The van der Waals surface area contributed by atoms with E-state index in [-0.39, 0.29) is 0 Å². The summed E-state index contributed by atoms with van der Waals surface area (Å²) in [4.78, 5) is 0. The summed E-state index contributed by atoms with van der Waals surface area (Å²) in [6.45, 7) is 2.15. The summed E-state index contributed by atoms with van der Waals surface area (Å²) in [6.07, 6.45) is 6.23. The zero-order chi connectivity index (χ0) is 6.53. The van der Waals surface area contributed by atoms with Crippen molar-refractivity contribution < 1.29 is 4.18 Å². The maximum Gasteiger partial charge on any atom is 0.114 e. The van der Waals surface area contributed by atoms with E-state index in [0.717, 1.165) is 18.6 Å². The van der Waals surface area contributed by atoms with E-state index in [2.05, 4.69) is 6.92 Å². The molecule has 9 heavy (non-hydrogen) atoms. The van der Waals surface area contributed by atoms with E-state index in [4.69, 9.17) is 4.18 Å². The molecular formula is C7H10OS. The third kappa shape index (κ3) is 2.14. The fourth-order valence-corrected chi connectivity index (χ4v) is 1.13. The average Bonchev–Trinajstić information content (AvgIpc) is 1.91. The highest BCUT2D eigenvalue weighted by molar-refractivity contribution is 7.97. The van der Waals surface area contributed by atoms with Crippen LogP contribution in [0.15, 0.2) is 23.3 Å². The first-order valence-corrected chi connectivity index (χ1v) is 3.93. The lowest BCUT2D eigenvalue weighted by atomic mass is 10.3. The molecule has 0 bridgehead atoms. The summed E-state index contributed by atoms with van der Waals surface area (Å²) in [7, 11) is 0. The minimum absolute atomic E-state index is 1.05. The zero-order valence-corrected chi connectivity index (χ0v) is 6.28. The van der Waals surface area contributed by atoms with Gasteiger partial charge in [0.1, 0.15) is 5.76 Å². The van der Waals surface area contributed by atoms with Gasteiger partial charge in [-0.05, 0) is 18.6 Å². The van der Waals surface area contributed by atoms with Gasteiger partial charge in [-0.25, -0.2) is 0 Å². The molecule has 2 heteroatoms. The highest BCUT2D eigenvalue weighted by Gasteiger charge is 1.97.